The molecule has 27 heavy (non-hydrogen) atoms. The van der Waals surface area contributed by atoms with Gasteiger partial charge >= 0.3 is 6.03 Å². The molecule has 1 atom stereocenters. The number of ether oxygens (including phenoxy) is 2. The maximum atomic E-state index is 12.3. The van der Waals surface area contributed by atoms with Gasteiger partial charge < -0.3 is 20.1 Å². The number of urea groups is 1. The fourth-order valence-corrected chi connectivity index (χ4v) is 2.99. The molecule has 3 heterocycles. The summed E-state index contributed by atoms with van der Waals surface area (Å²) in [5.74, 6) is 1.28. The number of hydrogen-bond donors (Lipinski definition) is 2. The third-order valence-electron chi connectivity index (χ3n) is 4.38. The highest BCUT2D eigenvalue weighted by atomic mass is 16.5. The van der Waals surface area contributed by atoms with Gasteiger partial charge in [-0.15, -0.1) is 10.2 Å². The molecular formula is C19H21N5O3. The topological polar surface area (TPSA) is 89.8 Å². The fraction of sp³-hybridized carbons (Fsp3) is 0.316. The summed E-state index contributed by atoms with van der Waals surface area (Å²) in [6.07, 6.45) is 4.04. The van der Waals surface area contributed by atoms with Crippen LogP contribution in [0.1, 0.15) is 18.7 Å². The normalized spacial score (nSPS) is 16.4. The van der Waals surface area contributed by atoms with E-state index in [1.165, 1.54) is 0 Å². The van der Waals surface area contributed by atoms with Gasteiger partial charge in [0, 0.05) is 12.8 Å². The molecule has 0 aliphatic carbocycles. The molecule has 3 aromatic rings. The Morgan fingerprint density at radius 1 is 1.22 bits per heavy atom. The lowest BCUT2D eigenvalue weighted by atomic mass is 10.2. The minimum Gasteiger partial charge on any atom is -0.489 e. The number of amides is 2. The van der Waals surface area contributed by atoms with E-state index < -0.39 is 0 Å². The van der Waals surface area contributed by atoms with E-state index in [1.807, 2.05) is 47.0 Å². The van der Waals surface area contributed by atoms with Gasteiger partial charge in [0.05, 0.1) is 18.3 Å². The van der Waals surface area contributed by atoms with Crippen LogP contribution in [0.3, 0.4) is 0 Å². The van der Waals surface area contributed by atoms with E-state index in [1.54, 1.807) is 6.07 Å². The van der Waals surface area contributed by atoms with E-state index in [0.717, 1.165) is 25.1 Å². The Morgan fingerprint density at radius 3 is 3.00 bits per heavy atom. The molecule has 1 aromatic carbocycles. The molecule has 0 saturated carbocycles. The van der Waals surface area contributed by atoms with Crippen molar-refractivity contribution in [2.24, 2.45) is 0 Å². The van der Waals surface area contributed by atoms with E-state index >= 15 is 0 Å². The van der Waals surface area contributed by atoms with E-state index in [0.29, 0.717) is 23.9 Å². The molecule has 0 unspecified atom stereocenters. The number of anilines is 1. The molecule has 1 saturated heterocycles. The summed E-state index contributed by atoms with van der Waals surface area (Å²) in [5, 5.41) is 13.8. The lowest BCUT2D eigenvalue weighted by Gasteiger charge is -2.15. The van der Waals surface area contributed by atoms with Gasteiger partial charge in [0.25, 0.3) is 0 Å². The van der Waals surface area contributed by atoms with Crippen molar-refractivity contribution < 1.29 is 14.3 Å². The third-order valence-corrected chi connectivity index (χ3v) is 4.38. The minimum absolute atomic E-state index is 0.119. The van der Waals surface area contributed by atoms with Gasteiger partial charge in [-0.05, 0) is 37.1 Å². The van der Waals surface area contributed by atoms with Crippen LogP contribution in [0.5, 0.6) is 5.75 Å². The van der Waals surface area contributed by atoms with Crippen molar-refractivity contribution in [1.82, 2.24) is 19.9 Å². The number of pyridine rings is 1. The summed E-state index contributed by atoms with van der Waals surface area (Å²) >= 11 is 0. The molecule has 2 N–H and O–H groups in total. The SMILES string of the molecule is O=C(NCc1nnc2ccccn12)Nc1ccccc1OC[C@H]1CCCO1. The Bertz CT molecular complexity index is 920. The van der Waals surface area contributed by atoms with E-state index in [-0.39, 0.29) is 18.7 Å². The van der Waals surface area contributed by atoms with Gasteiger partial charge in [-0.2, -0.15) is 0 Å². The molecule has 2 amide bonds. The van der Waals surface area contributed by atoms with Crippen LogP contribution in [-0.2, 0) is 11.3 Å². The third kappa shape index (κ3) is 4.17. The molecule has 1 aliphatic heterocycles. The van der Waals surface area contributed by atoms with Gasteiger partial charge in [0.15, 0.2) is 11.5 Å². The second-order valence-corrected chi connectivity index (χ2v) is 6.29. The molecule has 1 fully saturated rings. The number of para-hydroxylation sites is 2. The predicted molar refractivity (Wildman–Crippen MR) is 99.8 cm³/mol. The van der Waals surface area contributed by atoms with Gasteiger partial charge in [-0.1, -0.05) is 18.2 Å². The largest absolute Gasteiger partial charge is 0.489 e. The zero-order valence-electron chi connectivity index (χ0n) is 14.8. The number of nitrogens with zero attached hydrogens (tertiary/aromatic N) is 3. The Morgan fingerprint density at radius 2 is 2.11 bits per heavy atom. The van der Waals surface area contributed by atoms with Gasteiger partial charge in [-0.3, -0.25) is 4.40 Å². The highest BCUT2D eigenvalue weighted by Crippen LogP contribution is 2.25. The van der Waals surface area contributed by atoms with Crippen LogP contribution in [0.25, 0.3) is 5.65 Å². The Labute approximate surface area is 156 Å². The fourth-order valence-electron chi connectivity index (χ4n) is 2.99. The molecule has 8 heteroatoms. The number of aromatic nitrogens is 3. The van der Waals surface area contributed by atoms with Crippen LogP contribution in [-0.4, -0.2) is 39.9 Å². The average molecular weight is 367 g/mol. The van der Waals surface area contributed by atoms with Crippen molar-refractivity contribution in [3.05, 3.63) is 54.5 Å². The van der Waals surface area contributed by atoms with E-state index in [2.05, 4.69) is 20.8 Å². The smallest absolute Gasteiger partial charge is 0.319 e. The van der Waals surface area contributed by atoms with Gasteiger partial charge in [0.2, 0.25) is 0 Å². The zero-order chi connectivity index (χ0) is 18.5. The lowest BCUT2D eigenvalue weighted by Crippen LogP contribution is -2.29. The first kappa shape index (κ1) is 17.3. The van der Waals surface area contributed by atoms with Crippen LogP contribution in [0.4, 0.5) is 10.5 Å². The first-order chi connectivity index (χ1) is 13.3. The first-order valence-corrected chi connectivity index (χ1v) is 8.96. The number of benzene rings is 1. The van der Waals surface area contributed by atoms with Crippen LogP contribution < -0.4 is 15.4 Å². The molecule has 0 radical (unpaired) electrons. The molecule has 0 spiro atoms. The summed E-state index contributed by atoms with van der Waals surface area (Å²) in [5.41, 5.74) is 1.35. The van der Waals surface area contributed by atoms with Crippen molar-refractivity contribution in [3.63, 3.8) is 0 Å². The lowest BCUT2D eigenvalue weighted by molar-refractivity contribution is 0.0682. The Hall–Kier alpha value is -3.13. The maximum Gasteiger partial charge on any atom is 0.319 e. The predicted octanol–water partition coefficient (Wildman–Crippen LogP) is 2.61. The summed E-state index contributed by atoms with van der Waals surface area (Å²) < 4.78 is 13.2. The number of carbonyl (C=O) groups is 1. The number of hydrogen-bond acceptors (Lipinski definition) is 5. The quantitative estimate of drug-likeness (QED) is 0.699. The van der Waals surface area contributed by atoms with Crippen molar-refractivity contribution in [2.45, 2.75) is 25.5 Å². The van der Waals surface area contributed by atoms with E-state index in [9.17, 15) is 4.79 Å². The second kappa shape index (κ2) is 8.05. The van der Waals surface area contributed by atoms with Crippen LogP contribution in [0, 0.1) is 0 Å². The highest BCUT2D eigenvalue weighted by Gasteiger charge is 2.17. The Kier molecular flexibility index (Phi) is 5.15. The molecule has 8 nitrogen and oxygen atoms in total. The van der Waals surface area contributed by atoms with Gasteiger partial charge in [0.1, 0.15) is 12.4 Å². The summed E-state index contributed by atoms with van der Waals surface area (Å²) in [6.45, 7) is 1.52. The summed E-state index contributed by atoms with van der Waals surface area (Å²) in [7, 11) is 0. The molecule has 1 aliphatic rings. The number of fused-ring (bicyclic) bond motifs is 1. The highest BCUT2D eigenvalue weighted by molar-refractivity contribution is 5.90. The first-order valence-electron chi connectivity index (χ1n) is 8.96. The van der Waals surface area contributed by atoms with Crippen molar-refractivity contribution in [1.29, 1.82) is 0 Å². The van der Waals surface area contributed by atoms with Crippen LogP contribution in [0.2, 0.25) is 0 Å². The van der Waals surface area contributed by atoms with Crippen molar-refractivity contribution in [3.8, 4) is 5.75 Å². The standard InChI is InChI=1S/C19H21N5O3/c25-19(20-12-18-23-22-17-9-3-4-10-24(17)18)21-15-7-1-2-8-16(15)27-13-14-6-5-11-26-14/h1-4,7-10,14H,5-6,11-13H2,(H2,20,21,25)/t14-/m1/s1. The number of carbonyl (C=O) groups excluding carboxylic acids is 1. The van der Waals surface area contributed by atoms with Crippen LogP contribution >= 0.6 is 0 Å². The number of nitrogens with one attached hydrogen (secondary N) is 2. The van der Waals surface area contributed by atoms with E-state index in [4.69, 9.17) is 9.47 Å². The monoisotopic (exact) mass is 367 g/mol. The molecule has 2 aromatic heterocycles. The Balaban J connectivity index is 1.35. The molecule has 4 rings (SSSR count). The van der Waals surface area contributed by atoms with Crippen LogP contribution in [0.15, 0.2) is 48.7 Å². The molecule has 0 bridgehead atoms. The second-order valence-electron chi connectivity index (χ2n) is 6.29. The minimum atomic E-state index is -0.337. The molecular weight excluding hydrogens is 346 g/mol. The molecule has 140 valence electrons. The number of rotatable bonds is 6. The summed E-state index contributed by atoms with van der Waals surface area (Å²) in [6, 6.07) is 12.7. The van der Waals surface area contributed by atoms with Crippen molar-refractivity contribution >= 4 is 17.4 Å². The zero-order valence-corrected chi connectivity index (χ0v) is 14.8. The van der Waals surface area contributed by atoms with Crippen molar-refractivity contribution in [2.75, 3.05) is 18.5 Å². The summed E-state index contributed by atoms with van der Waals surface area (Å²) in [4.78, 5) is 12.3. The van der Waals surface area contributed by atoms with Gasteiger partial charge in [-0.25, -0.2) is 4.79 Å². The maximum absolute atomic E-state index is 12.3. The average Bonchev–Trinajstić information content (AvgIpc) is 3.35.